The Balaban J connectivity index is 1.31. The second kappa shape index (κ2) is 13.2. The van der Waals surface area contributed by atoms with Crippen LogP contribution < -0.4 is 14.8 Å². The molecular formula is C34H39N3O6. The van der Waals surface area contributed by atoms with E-state index < -0.39 is 18.2 Å². The maximum Gasteiger partial charge on any atom is 0.258 e. The summed E-state index contributed by atoms with van der Waals surface area (Å²) in [6.45, 7) is 2.53. The van der Waals surface area contributed by atoms with Crippen LogP contribution in [0.15, 0.2) is 72.8 Å². The van der Waals surface area contributed by atoms with E-state index in [1.54, 1.807) is 12.0 Å². The third-order valence-corrected chi connectivity index (χ3v) is 8.64. The number of carbonyl (C=O) groups excluding carboxylic acids is 2. The molecule has 0 spiro atoms. The lowest BCUT2D eigenvalue weighted by atomic mass is 9.98. The van der Waals surface area contributed by atoms with E-state index in [1.165, 1.54) is 0 Å². The van der Waals surface area contributed by atoms with Gasteiger partial charge in [-0.15, -0.1) is 0 Å². The van der Waals surface area contributed by atoms with Gasteiger partial charge in [-0.3, -0.25) is 14.5 Å². The molecule has 2 fully saturated rings. The molecule has 2 N–H and O–H groups in total. The summed E-state index contributed by atoms with van der Waals surface area (Å²) >= 11 is 0. The first-order chi connectivity index (χ1) is 21.0. The summed E-state index contributed by atoms with van der Waals surface area (Å²) in [5.41, 5.74) is 3.48. The molecule has 0 unspecified atom stereocenters. The Morgan fingerprint density at radius 3 is 2.65 bits per heavy atom. The molecule has 43 heavy (non-hydrogen) atoms. The number of aliphatic hydroxyl groups is 1. The molecule has 3 aliphatic rings. The summed E-state index contributed by atoms with van der Waals surface area (Å²) in [5.74, 6) is 0.776. The van der Waals surface area contributed by atoms with E-state index in [-0.39, 0.29) is 24.5 Å². The van der Waals surface area contributed by atoms with Crippen molar-refractivity contribution in [3.8, 4) is 22.6 Å². The molecule has 0 radical (unpaired) electrons. The van der Waals surface area contributed by atoms with Gasteiger partial charge in [0.2, 0.25) is 5.91 Å². The van der Waals surface area contributed by atoms with Crippen LogP contribution in [0.1, 0.15) is 35.2 Å². The third kappa shape index (κ3) is 6.69. The van der Waals surface area contributed by atoms with Gasteiger partial charge in [0.25, 0.3) is 5.91 Å². The second-order valence-corrected chi connectivity index (χ2v) is 11.5. The van der Waals surface area contributed by atoms with Crippen LogP contribution >= 0.6 is 0 Å². The van der Waals surface area contributed by atoms with Crippen molar-refractivity contribution in [2.75, 3.05) is 39.9 Å². The Labute approximate surface area is 252 Å². The zero-order valence-electron chi connectivity index (χ0n) is 24.5. The van der Waals surface area contributed by atoms with Gasteiger partial charge in [-0.25, -0.2) is 0 Å². The third-order valence-electron chi connectivity index (χ3n) is 8.64. The van der Waals surface area contributed by atoms with Gasteiger partial charge in [-0.2, -0.15) is 0 Å². The van der Waals surface area contributed by atoms with Gasteiger partial charge >= 0.3 is 0 Å². The molecule has 0 saturated carbocycles. The van der Waals surface area contributed by atoms with Crippen LogP contribution in [0.25, 0.3) is 11.1 Å². The van der Waals surface area contributed by atoms with E-state index in [0.717, 1.165) is 22.4 Å². The molecule has 0 aliphatic carbocycles. The number of methoxy groups -OCH3 is 1. The number of nitrogens with zero attached hydrogens (tertiary/aromatic N) is 2. The van der Waals surface area contributed by atoms with Crippen molar-refractivity contribution < 1.29 is 28.9 Å². The number of hydrogen-bond donors (Lipinski definition) is 2. The Morgan fingerprint density at radius 1 is 0.953 bits per heavy atom. The number of nitrogens with one attached hydrogen (secondary N) is 1. The van der Waals surface area contributed by atoms with Crippen LogP contribution in [0.5, 0.6) is 11.5 Å². The lowest BCUT2D eigenvalue weighted by Gasteiger charge is -2.41. The van der Waals surface area contributed by atoms with Crippen molar-refractivity contribution in [1.82, 2.24) is 15.1 Å². The van der Waals surface area contributed by atoms with Crippen LogP contribution in [0, 0.1) is 0 Å². The van der Waals surface area contributed by atoms with Gasteiger partial charge in [0.1, 0.15) is 23.6 Å². The fraction of sp³-hybridized carbons (Fsp3) is 0.412. The number of piperazine rings is 1. The van der Waals surface area contributed by atoms with Crippen molar-refractivity contribution in [3.05, 3.63) is 83.9 Å². The van der Waals surface area contributed by atoms with Crippen molar-refractivity contribution >= 4 is 11.8 Å². The van der Waals surface area contributed by atoms with Crippen LogP contribution in [0.3, 0.4) is 0 Å². The maximum absolute atomic E-state index is 14.2. The van der Waals surface area contributed by atoms with Gasteiger partial charge in [0, 0.05) is 39.1 Å². The highest BCUT2D eigenvalue weighted by atomic mass is 16.5. The molecule has 0 aromatic heterocycles. The van der Waals surface area contributed by atoms with E-state index in [2.05, 4.69) is 10.2 Å². The van der Waals surface area contributed by atoms with E-state index in [1.807, 2.05) is 72.8 Å². The molecule has 9 nitrogen and oxygen atoms in total. The largest absolute Gasteiger partial charge is 0.497 e. The van der Waals surface area contributed by atoms with Gasteiger partial charge in [0.05, 0.1) is 31.5 Å². The van der Waals surface area contributed by atoms with Crippen molar-refractivity contribution in [3.63, 3.8) is 0 Å². The minimum atomic E-state index is -0.729. The SMILES string of the molecule is COc1cccc(CN2CCN3C(=O)c4ccc(-c5ccccc5)cc4OCC[C@@H]4CC[C@H](O)[C@@H](CNC(=O)[C@@H]3C2)O4)c1. The van der Waals surface area contributed by atoms with E-state index in [4.69, 9.17) is 14.2 Å². The van der Waals surface area contributed by atoms with Gasteiger partial charge in [0.15, 0.2) is 0 Å². The number of aliphatic hydroxyl groups excluding tert-OH is 1. The Kier molecular flexibility index (Phi) is 8.92. The van der Waals surface area contributed by atoms with Gasteiger partial charge in [-0.05, 0) is 53.8 Å². The summed E-state index contributed by atoms with van der Waals surface area (Å²) in [4.78, 5) is 31.8. The smallest absolute Gasteiger partial charge is 0.258 e. The van der Waals surface area contributed by atoms with Gasteiger partial charge < -0.3 is 29.5 Å². The number of amides is 2. The standard InChI is InChI=1S/C34H39N3O6/c1-41-27-9-5-6-23(18-27)21-36-15-16-37-29(22-36)33(39)35-20-32-30(38)13-11-26(43-32)14-17-42-31-19-25(10-12-28(31)34(37)40)24-7-3-2-4-8-24/h2-10,12,18-19,26,29-30,32,38H,11,13-17,20-22H2,1H3,(H,35,39)/t26-,29-,30-,32+/m0/s1. The number of fused-ring (bicyclic) bond motifs is 4. The minimum absolute atomic E-state index is 0.103. The number of ether oxygens (including phenoxy) is 3. The summed E-state index contributed by atoms with van der Waals surface area (Å²) in [6, 6.07) is 22.8. The average molecular weight is 586 g/mol. The molecule has 2 bridgehead atoms. The van der Waals surface area contributed by atoms with Crippen molar-refractivity contribution in [1.29, 1.82) is 0 Å². The molecule has 4 atom stereocenters. The predicted octanol–water partition coefficient (Wildman–Crippen LogP) is 3.50. The number of hydrogen-bond acceptors (Lipinski definition) is 7. The first-order valence-corrected chi connectivity index (χ1v) is 15.1. The molecule has 3 aromatic rings. The first kappa shape index (κ1) is 29.2. The highest BCUT2D eigenvalue weighted by molar-refractivity contribution is 6.00. The summed E-state index contributed by atoms with van der Waals surface area (Å²) in [5, 5.41) is 13.6. The normalized spacial score (nSPS) is 25.0. The minimum Gasteiger partial charge on any atom is -0.497 e. The van der Waals surface area contributed by atoms with E-state index >= 15 is 0 Å². The molecule has 2 saturated heterocycles. The van der Waals surface area contributed by atoms with Crippen LogP contribution in [0.2, 0.25) is 0 Å². The summed E-state index contributed by atoms with van der Waals surface area (Å²) < 4.78 is 17.9. The lowest BCUT2D eigenvalue weighted by molar-refractivity contribution is -0.135. The summed E-state index contributed by atoms with van der Waals surface area (Å²) in [7, 11) is 1.64. The first-order valence-electron chi connectivity index (χ1n) is 15.1. The monoisotopic (exact) mass is 585 g/mol. The molecule has 9 heteroatoms. The van der Waals surface area contributed by atoms with Crippen LogP contribution in [-0.4, -0.2) is 91.0 Å². The molecular weight excluding hydrogens is 546 g/mol. The summed E-state index contributed by atoms with van der Waals surface area (Å²) in [6.07, 6.45) is 0.653. The van der Waals surface area contributed by atoms with E-state index in [0.29, 0.717) is 63.4 Å². The Morgan fingerprint density at radius 2 is 1.81 bits per heavy atom. The average Bonchev–Trinajstić information content (AvgIpc) is 3.04. The van der Waals surface area contributed by atoms with Crippen molar-refractivity contribution in [2.24, 2.45) is 0 Å². The molecule has 3 heterocycles. The fourth-order valence-corrected chi connectivity index (χ4v) is 6.23. The fourth-order valence-electron chi connectivity index (χ4n) is 6.23. The highest BCUT2D eigenvalue weighted by Crippen LogP contribution is 2.31. The molecule has 226 valence electrons. The Hall–Kier alpha value is -3.92. The Bertz CT molecular complexity index is 1430. The molecule has 3 aliphatic heterocycles. The maximum atomic E-state index is 14.2. The number of benzene rings is 3. The zero-order valence-corrected chi connectivity index (χ0v) is 24.5. The van der Waals surface area contributed by atoms with E-state index in [9.17, 15) is 14.7 Å². The molecule has 2 amide bonds. The highest BCUT2D eigenvalue weighted by Gasteiger charge is 2.38. The molecule has 3 aromatic carbocycles. The van der Waals surface area contributed by atoms with Crippen LogP contribution in [0.4, 0.5) is 0 Å². The quantitative estimate of drug-likeness (QED) is 0.484. The predicted molar refractivity (Wildman–Crippen MR) is 162 cm³/mol. The van der Waals surface area contributed by atoms with Gasteiger partial charge in [-0.1, -0.05) is 48.5 Å². The van der Waals surface area contributed by atoms with Crippen molar-refractivity contribution in [2.45, 2.75) is 50.2 Å². The lowest BCUT2D eigenvalue weighted by Crippen LogP contribution is -2.61. The number of carbonyl (C=O) groups is 2. The topological polar surface area (TPSA) is 101 Å². The van der Waals surface area contributed by atoms with Crippen LogP contribution in [-0.2, 0) is 16.1 Å². The zero-order chi connectivity index (χ0) is 29.8. The number of rotatable bonds is 4. The molecule has 6 rings (SSSR count). The second-order valence-electron chi connectivity index (χ2n) is 11.5.